The molecule has 0 unspecified atom stereocenters. The Balaban J connectivity index is 1.51. The zero-order valence-corrected chi connectivity index (χ0v) is 17.1. The Labute approximate surface area is 168 Å². The second-order valence-electron chi connectivity index (χ2n) is 7.20. The molecule has 0 aromatic heterocycles. The summed E-state index contributed by atoms with van der Waals surface area (Å²) in [6, 6.07) is 7.25. The molecule has 2 aliphatic rings. The number of halogens is 2. The lowest BCUT2D eigenvalue weighted by atomic mass is 10.1. The molecule has 0 spiro atoms. The van der Waals surface area contributed by atoms with E-state index in [4.69, 9.17) is 0 Å². The van der Waals surface area contributed by atoms with Crippen LogP contribution in [-0.4, -0.2) is 51.6 Å². The van der Waals surface area contributed by atoms with Crippen molar-refractivity contribution in [3.8, 4) is 0 Å². The summed E-state index contributed by atoms with van der Waals surface area (Å²) >= 11 is 0. The fraction of sp³-hybridized carbons (Fsp3) is 0.368. The third-order valence-corrected chi connectivity index (χ3v) is 9.15. The van der Waals surface area contributed by atoms with Gasteiger partial charge in [-0.2, -0.15) is 8.61 Å². The van der Waals surface area contributed by atoms with E-state index in [1.807, 2.05) is 6.07 Å². The molecule has 1 saturated heterocycles. The van der Waals surface area contributed by atoms with Crippen LogP contribution in [0.25, 0.3) is 0 Å². The summed E-state index contributed by atoms with van der Waals surface area (Å²) in [7, 11) is -7.86. The standard InChI is InChI=1S/C19H20F2N2O4S2/c20-16-11-17(21)13-19(12-16)29(26,27)23-8-6-22(7-9-23)28(24,25)18-5-4-14-2-1-3-15(14)10-18/h4-5,10-13H,1-3,6-9H2. The zero-order chi connectivity index (χ0) is 20.8. The SMILES string of the molecule is O=S(=O)(c1cc(F)cc(F)c1)N1CCN(S(=O)(=O)c2ccc3c(c2)CCC3)CC1. The van der Waals surface area contributed by atoms with Crippen molar-refractivity contribution >= 4 is 20.0 Å². The Morgan fingerprint density at radius 1 is 0.655 bits per heavy atom. The molecule has 0 amide bonds. The number of hydrogen-bond donors (Lipinski definition) is 0. The Morgan fingerprint density at radius 2 is 1.17 bits per heavy atom. The van der Waals surface area contributed by atoms with Gasteiger partial charge in [-0.3, -0.25) is 0 Å². The van der Waals surface area contributed by atoms with Gasteiger partial charge in [-0.1, -0.05) is 6.07 Å². The molecule has 0 atom stereocenters. The number of hydrogen-bond acceptors (Lipinski definition) is 4. The van der Waals surface area contributed by atoms with Crippen molar-refractivity contribution in [2.24, 2.45) is 0 Å². The first-order chi connectivity index (χ1) is 13.7. The van der Waals surface area contributed by atoms with E-state index in [0.717, 1.165) is 41.3 Å². The molecule has 0 N–H and O–H groups in total. The highest BCUT2D eigenvalue weighted by Gasteiger charge is 2.34. The highest BCUT2D eigenvalue weighted by atomic mass is 32.2. The van der Waals surface area contributed by atoms with Crippen LogP contribution >= 0.6 is 0 Å². The van der Waals surface area contributed by atoms with Crippen molar-refractivity contribution in [1.82, 2.24) is 8.61 Å². The van der Waals surface area contributed by atoms with E-state index in [9.17, 15) is 25.6 Å². The van der Waals surface area contributed by atoms with Gasteiger partial charge in [-0.05, 0) is 54.7 Å². The van der Waals surface area contributed by atoms with Crippen molar-refractivity contribution in [2.45, 2.75) is 29.1 Å². The molecule has 6 nitrogen and oxygen atoms in total. The first-order valence-electron chi connectivity index (χ1n) is 9.26. The number of benzene rings is 2. The minimum Gasteiger partial charge on any atom is -0.207 e. The lowest BCUT2D eigenvalue weighted by Gasteiger charge is -2.33. The van der Waals surface area contributed by atoms with Crippen LogP contribution in [0.1, 0.15) is 17.5 Å². The van der Waals surface area contributed by atoms with Crippen molar-refractivity contribution in [3.63, 3.8) is 0 Å². The van der Waals surface area contributed by atoms with Crippen molar-refractivity contribution in [2.75, 3.05) is 26.2 Å². The summed E-state index contributed by atoms with van der Waals surface area (Å²) in [4.78, 5) is -0.272. The monoisotopic (exact) mass is 442 g/mol. The van der Waals surface area contributed by atoms with Crippen molar-refractivity contribution in [3.05, 3.63) is 59.2 Å². The first kappa shape index (κ1) is 20.4. The Kier molecular flexibility index (Phi) is 5.22. The topological polar surface area (TPSA) is 74.8 Å². The molecule has 1 aliphatic heterocycles. The fourth-order valence-electron chi connectivity index (χ4n) is 3.83. The summed E-state index contributed by atoms with van der Waals surface area (Å²) in [5, 5.41) is 0. The highest BCUT2D eigenvalue weighted by molar-refractivity contribution is 7.89. The summed E-state index contributed by atoms with van der Waals surface area (Å²) < 4.78 is 80.4. The van der Waals surface area contributed by atoms with Gasteiger partial charge in [0, 0.05) is 32.2 Å². The first-order valence-corrected chi connectivity index (χ1v) is 12.1. The van der Waals surface area contributed by atoms with Crippen LogP contribution in [0.15, 0.2) is 46.2 Å². The van der Waals surface area contributed by atoms with E-state index in [-0.39, 0.29) is 31.1 Å². The van der Waals surface area contributed by atoms with Gasteiger partial charge in [-0.15, -0.1) is 0 Å². The van der Waals surface area contributed by atoms with Gasteiger partial charge in [0.25, 0.3) is 0 Å². The molecule has 4 rings (SSSR count). The van der Waals surface area contributed by atoms with Gasteiger partial charge in [0.05, 0.1) is 9.79 Å². The molecule has 0 saturated carbocycles. The molecular weight excluding hydrogens is 422 g/mol. The molecule has 1 heterocycles. The highest BCUT2D eigenvalue weighted by Crippen LogP contribution is 2.27. The van der Waals surface area contributed by atoms with Gasteiger partial charge in [0.2, 0.25) is 20.0 Å². The average Bonchev–Trinajstić information content (AvgIpc) is 3.15. The van der Waals surface area contributed by atoms with Crippen LogP contribution in [0, 0.1) is 11.6 Å². The van der Waals surface area contributed by atoms with E-state index < -0.39 is 36.6 Å². The zero-order valence-electron chi connectivity index (χ0n) is 15.5. The summed E-state index contributed by atoms with van der Waals surface area (Å²) in [6.45, 7) is -0.248. The van der Waals surface area contributed by atoms with E-state index in [1.165, 1.54) is 9.87 Å². The molecule has 1 fully saturated rings. The average molecular weight is 443 g/mol. The van der Waals surface area contributed by atoms with Crippen LogP contribution in [0.4, 0.5) is 8.78 Å². The Bertz CT molecular complexity index is 1140. The van der Waals surface area contributed by atoms with E-state index >= 15 is 0 Å². The second-order valence-corrected chi connectivity index (χ2v) is 11.1. The van der Waals surface area contributed by atoms with Gasteiger partial charge < -0.3 is 0 Å². The number of aryl methyl sites for hydroxylation is 2. The van der Waals surface area contributed by atoms with Gasteiger partial charge in [-0.25, -0.2) is 25.6 Å². The lowest BCUT2D eigenvalue weighted by Crippen LogP contribution is -2.50. The molecule has 29 heavy (non-hydrogen) atoms. The molecule has 2 aromatic carbocycles. The van der Waals surface area contributed by atoms with Crippen LogP contribution in [-0.2, 0) is 32.9 Å². The maximum absolute atomic E-state index is 13.4. The quantitative estimate of drug-likeness (QED) is 0.727. The maximum atomic E-state index is 13.4. The lowest BCUT2D eigenvalue weighted by molar-refractivity contribution is 0.272. The Morgan fingerprint density at radius 3 is 1.76 bits per heavy atom. The van der Waals surface area contributed by atoms with Gasteiger partial charge in [0.15, 0.2) is 0 Å². The second kappa shape index (κ2) is 7.42. The maximum Gasteiger partial charge on any atom is 0.243 e. The summed E-state index contributed by atoms with van der Waals surface area (Å²) in [6.07, 6.45) is 2.82. The molecule has 0 radical (unpaired) electrons. The van der Waals surface area contributed by atoms with Crippen molar-refractivity contribution in [1.29, 1.82) is 0 Å². The number of fused-ring (bicyclic) bond motifs is 1. The van der Waals surface area contributed by atoms with E-state index in [2.05, 4.69) is 0 Å². The van der Waals surface area contributed by atoms with Crippen LogP contribution in [0.5, 0.6) is 0 Å². The van der Waals surface area contributed by atoms with Crippen molar-refractivity contribution < 1.29 is 25.6 Å². The molecule has 0 bridgehead atoms. The minimum absolute atomic E-state index is 0.0313. The largest absolute Gasteiger partial charge is 0.243 e. The predicted molar refractivity (Wildman–Crippen MR) is 102 cm³/mol. The summed E-state index contributed by atoms with van der Waals surface area (Å²) in [5.41, 5.74) is 2.21. The third kappa shape index (κ3) is 3.81. The molecular formula is C19H20F2N2O4S2. The predicted octanol–water partition coefficient (Wildman–Crippen LogP) is 2.15. The normalized spacial score (nSPS) is 18.7. The number of nitrogens with zero attached hydrogens (tertiary/aromatic N) is 2. The molecule has 10 heteroatoms. The molecule has 2 aromatic rings. The number of sulfonamides is 2. The number of piperazine rings is 1. The third-order valence-electron chi connectivity index (χ3n) is 5.38. The minimum atomic E-state index is -4.12. The van der Waals surface area contributed by atoms with Crippen LogP contribution in [0.3, 0.4) is 0 Å². The van der Waals surface area contributed by atoms with Crippen LogP contribution < -0.4 is 0 Å². The number of rotatable bonds is 4. The van der Waals surface area contributed by atoms with Crippen LogP contribution in [0.2, 0.25) is 0 Å². The van der Waals surface area contributed by atoms with E-state index in [0.29, 0.717) is 6.07 Å². The molecule has 1 aliphatic carbocycles. The smallest absolute Gasteiger partial charge is 0.207 e. The summed E-state index contributed by atoms with van der Waals surface area (Å²) in [5.74, 6) is -1.97. The Hall–Kier alpha value is -1.88. The molecule has 156 valence electrons. The van der Waals surface area contributed by atoms with Gasteiger partial charge >= 0.3 is 0 Å². The fourth-order valence-corrected chi connectivity index (χ4v) is 6.77. The van der Waals surface area contributed by atoms with E-state index in [1.54, 1.807) is 12.1 Å². The van der Waals surface area contributed by atoms with Gasteiger partial charge in [0.1, 0.15) is 11.6 Å².